The third-order valence-corrected chi connectivity index (χ3v) is 5.43. The third kappa shape index (κ3) is 4.61. The van der Waals surface area contributed by atoms with Crippen LogP contribution in [0.5, 0.6) is 0 Å². The van der Waals surface area contributed by atoms with Gasteiger partial charge in [0, 0.05) is 18.8 Å². The average molecular weight is 398 g/mol. The van der Waals surface area contributed by atoms with Crippen molar-refractivity contribution in [3.8, 4) is 0 Å². The van der Waals surface area contributed by atoms with E-state index in [0.29, 0.717) is 29.0 Å². The Kier molecular flexibility index (Phi) is 6.49. The molecule has 7 heteroatoms. The normalized spacial score (nSPS) is 12.1. The Balaban J connectivity index is 1.86. The summed E-state index contributed by atoms with van der Waals surface area (Å²) in [6.45, 7) is 4.10. The molecule has 0 radical (unpaired) electrons. The lowest BCUT2D eigenvalue weighted by molar-refractivity contribution is -0.115. The summed E-state index contributed by atoms with van der Waals surface area (Å²) in [5.41, 5.74) is 2.29. The Morgan fingerprint density at radius 2 is 1.93 bits per heavy atom. The van der Waals surface area contributed by atoms with Crippen LogP contribution in [0.15, 0.2) is 58.5 Å². The minimum atomic E-state index is -0.449. The smallest absolute Gasteiger partial charge is 0.262 e. The van der Waals surface area contributed by atoms with Crippen molar-refractivity contribution in [2.45, 2.75) is 37.2 Å². The number of nitrogens with zero attached hydrogens (tertiary/aromatic N) is 2. The molecular formula is C21H23N3O3S. The molecule has 146 valence electrons. The van der Waals surface area contributed by atoms with Gasteiger partial charge in [0.1, 0.15) is 0 Å². The zero-order valence-electron chi connectivity index (χ0n) is 15.9. The Morgan fingerprint density at radius 3 is 2.64 bits per heavy atom. The molecule has 3 aromatic rings. The lowest BCUT2D eigenvalue weighted by atomic mass is 10.2. The number of fused-ring (bicyclic) bond motifs is 1. The van der Waals surface area contributed by atoms with Gasteiger partial charge in [-0.15, -0.1) is 0 Å². The number of carbonyl (C=O) groups excluding carboxylic acids is 1. The van der Waals surface area contributed by atoms with Gasteiger partial charge in [-0.05, 0) is 44.5 Å². The van der Waals surface area contributed by atoms with Gasteiger partial charge in [0.25, 0.3) is 5.56 Å². The number of anilines is 1. The second-order valence-electron chi connectivity index (χ2n) is 6.56. The first kappa shape index (κ1) is 20.1. The highest BCUT2D eigenvalue weighted by atomic mass is 32.2. The molecule has 0 saturated carbocycles. The molecule has 1 heterocycles. The number of thioether (sulfide) groups is 1. The number of aryl methyl sites for hydroxylation is 1. The summed E-state index contributed by atoms with van der Waals surface area (Å²) < 4.78 is 1.54. The van der Waals surface area contributed by atoms with E-state index in [1.54, 1.807) is 29.7 Å². The zero-order chi connectivity index (χ0) is 20.1. The Labute approximate surface area is 167 Å². The number of hydrogen-bond acceptors (Lipinski definition) is 5. The molecule has 0 unspecified atom stereocenters. The van der Waals surface area contributed by atoms with Gasteiger partial charge in [0.05, 0.1) is 16.2 Å². The second-order valence-corrected chi connectivity index (χ2v) is 7.87. The molecule has 1 amide bonds. The maximum Gasteiger partial charge on any atom is 0.262 e. The van der Waals surface area contributed by atoms with Gasteiger partial charge in [-0.25, -0.2) is 4.98 Å². The predicted octanol–water partition coefficient (Wildman–Crippen LogP) is 3.21. The van der Waals surface area contributed by atoms with Gasteiger partial charge >= 0.3 is 0 Å². The number of aliphatic hydroxyl groups is 1. The summed E-state index contributed by atoms with van der Waals surface area (Å²) >= 11 is 1.24. The molecule has 0 aliphatic heterocycles. The number of para-hydroxylation sites is 1. The number of benzene rings is 2. The third-order valence-electron chi connectivity index (χ3n) is 4.34. The molecule has 2 aromatic carbocycles. The van der Waals surface area contributed by atoms with E-state index in [9.17, 15) is 9.59 Å². The number of carbonyl (C=O) groups is 1. The SMILES string of the molecule is Cc1ccc(NC(=O)[C@H](C)Sc2nc3ccccc3c(=O)n2CCCO)cc1. The first-order valence-electron chi connectivity index (χ1n) is 9.14. The van der Waals surface area contributed by atoms with Gasteiger partial charge in [-0.2, -0.15) is 0 Å². The fourth-order valence-corrected chi connectivity index (χ4v) is 3.69. The van der Waals surface area contributed by atoms with Crippen molar-refractivity contribution < 1.29 is 9.90 Å². The molecule has 0 saturated heterocycles. The zero-order valence-corrected chi connectivity index (χ0v) is 16.7. The van der Waals surface area contributed by atoms with Gasteiger partial charge in [-0.1, -0.05) is 41.6 Å². The van der Waals surface area contributed by atoms with Gasteiger partial charge < -0.3 is 10.4 Å². The van der Waals surface area contributed by atoms with Crippen molar-refractivity contribution in [2.75, 3.05) is 11.9 Å². The van der Waals surface area contributed by atoms with E-state index in [1.807, 2.05) is 37.3 Å². The highest BCUT2D eigenvalue weighted by molar-refractivity contribution is 8.00. The van der Waals surface area contributed by atoms with Crippen LogP contribution < -0.4 is 10.9 Å². The highest BCUT2D eigenvalue weighted by Crippen LogP contribution is 2.24. The first-order valence-corrected chi connectivity index (χ1v) is 10.0. The fraction of sp³-hybridized carbons (Fsp3) is 0.286. The number of hydrogen-bond donors (Lipinski definition) is 2. The van der Waals surface area contributed by atoms with Crippen molar-refractivity contribution in [3.63, 3.8) is 0 Å². The Bertz CT molecular complexity index is 1030. The summed E-state index contributed by atoms with van der Waals surface area (Å²) in [4.78, 5) is 30.0. The van der Waals surface area contributed by atoms with Crippen molar-refractivity contribution in [1.29, 1.82) is 0 Å². The van der Waals surface area contributed by atoms with E-state index in [4.69, 9.17) is 5.11 Å². The van der Waals surface area contributed by atoms with Crippen LogP contribution in [0.25, 0.3) is 10.9 Å². The molecule has 0 bridgehead atoms. The van der Waals surface area contributed by atoms with Crippen LogP contribution >= 0.6 is 11.8 Å². The maximum absolute atomic E-state index is 12.9. The minimum absolute atomic E-state index is 0.0210. The van der Waals surface area contributed by atoms with E-state index in [2.05, 4.69) is 10.3 Å². The van der Waals surface area contributed by atoms with Crippen LogP contribution in [-0.4, -0.2) is 32.4 Å². The largest absolute Gasteiger partial charge is 0.396 e. The van der Waals surface area contributed by atoms with Crippen molar-refractivity contribution in [3.05, 3.63) is 64.4 Å². The van der Waals surface area contributed by atoms with Crippen LogP contribution in [0.2, 0.25) is 0 Å². The van der Waals surface area contributed by atoms with Crippen LogP contribution in [0, 0.1) is 6.92 Å². The topological polar surface area (TPSA) is 84.2 Å². The molecule has 0 fully saturated rings. The molecule has 28 heavy (non-hydrogen) atoms. The van der Waals surface area contributed by atoms with Crippen molar-refractivity contribution >= 4 is 34.3 Å². The number of aliphatic hydroxyl groups excluding tert-OH is 1. The molecule has 1 aromatic heterocycles. The highest BCUT2D eigenvalue weighted by Gasteiger charge is 2.19. The van der Waals surface area contributed by atoms with Crippen LogP contribution in [0.3, 0.4) is 0 Å². The van der Waals surface area contributed by atoms with E-state index >= 15 is 0 Å². The lowest BCUT2D eigenvalue weighted by Crippen LogP contribution is -2.27. The summed E-state index contributed by atoms with van der Waals surface area (Å²) in [7, 11) is 0. The molecule has 0 aliphatic rings. The van der Waals surface area contributed by atoms with E-state index in [0.717, 1.165) is 11.3 Å². The summed E-state index contributed by atoms with van der Waals surface area (Å²) in [5, 5.41) is 12.6. The van der Waals surface area contributed by atoms with Crippen LogP contribution in [0.1, 0.15) is 18.9 Å². The Morgan fingerprint density at radius 1 is 1.21 bits per heavy atom. The molecule has 0 aliphatic carbocycles. The van der Waals surface area contributed by atoms with Gasteiger partial charge in [0.15, 0.2) is 5.16 Å². The molecule has 0 spiro atoms. The standard InChI is InChI=1S/C21H23N3O3S/c1-14-8-10-16(11-9-14)22-19(26)15(2)28-21-23-18-7-4-3-6-17(18)20(27)24(21)12-5-13-25/h3-4,6-11,15,25H,5,12-13H2,1-2H3,(H,22,26)/t15-/m0/s1. The van der Waals surface area contributed by atoms with E-state index < -0.39 is 5.25 Å². The lowest BCUT2D eigenvalue weighted by Gasteiger charge is -2.16. The van der Waals surface area contributed by atoms with E-state index in [1.165, 1.54) is 11.8 Å². The Hall–Kier alpha value is -2.64. The predicted molar refractivity (Wildman–Crippen MR) is 113 cm³/mol. The minimum Gasteiger partial charge on any atom is -0.396 e. The number of rotatable bonds is 7. The number of aromatic nitrogens is 2. The molecule has 2 N–H and O–H groups in total. The average Bonchev–Trinajstić information content (AvgIpc) is 2.69. The number of amides is 1. The first-order chi connectivity index (χ1) is 13.5. The molecule has 3 rings (SSSR count). The molecule has 1 atom stereocenters. The van der Waals surface area contributed by atoms with Gasteiger partial charge in [0.2, 0.25) is 5.91 Å². The van der Waals surface area contributed by atoms with Crippen LogP contribution in [0.4, 0.5) is 5.69 Å². The maximum atomic E-state index is 12.9. The van der Waals surface area contributed by atoms with Crippen molar-refractivity contribution in [1.82, 2.24) is 9.55 Å². The quantitative estimate of drug-likeness (QED) is 0.472. The number of nitrogens with one attached hydrogen (secondary N) is 1. The molecule has 6 nitrogen and oxygen atoms in total. The van der Waals surface area contributed by atoms with Crippen molar-refractivity contribution in [2.24, 2.45) is 0 Å². The summed E-state index contributed by atoms with van der Waals surface area (Å²) in [6, 6.07) is 14.7. The van der Waals surface area contributed by atoms with E-state index in [-0.39, 0.29) is 18.1 Å². The second kappa shape index (κ2) is 9.03. The molecular weight excluding hydrogens is 374 g/mol. The van der Waals surface area contributed by atoms with Crippen LogP contribution in [-0.2, 0) is 11.3 Å². The fourth-order valence-electron chi connectivity index (χ4n) is 2.76. The summed E-state index contributed by atoms with van der Waals surface area (Å²) in [5.74, 6) is -0.162. The summed E-state index contributed by atoms with van der Waals surface area (Å²) in [6.07, 6.45) is 0.442. The van der Waals surface area contributed by atoms with Gasteiger partial charge in [-0.3, -0.25) is 14.2 Å². The monoisotopic (exact) mass is 397 g/mol.